The van der Waals surface area contributed by atoms with Gasteiger partial charge in [-0.05, 0) is 30.3 Å². The van der Waals surface area contributed by atoms with Crippen LogP contribution in [0.15, 0.2) is 36.4 Å². The second-order valence-electron chi connectivity index (χ2n) is 6.37. The van der Waals surface area contributed by atoms with Crippen molar-refractivity contribution >= 4 is 52.4 Å². The Bertz CT molecular complexity index is 996. The number of pyridine rings is 1. The summed E-state index contributed by atoms with van der Waals surface area (Å²) in [7, 11) is 1.51. The molecule has 3 heterocycles. The SMILES string of the molecule is CN1C(=O)c2ccc(Cl)cc2N2C(=O)CCC12C(=O)Nc1cccc(Cl)n1. The molecule has 7 nitrogen and oxygen atoms in total. The van der Waals surface area contributed by atoms with Crippen LogP contribution in [-0.2, 0) is 9.59 Å². The Balaban J connectivity index is 1.83. The maximum Gasteiger partial charge on any atom is 0.272 e. The molecule has 0 aliphatic carbocycles. The number of likely N-dealkylation sites (N-methyl/N-ethyl adjacent to an activating group) is 1. The predicted octanol–water partition coefficient (Wildman–Crippen LogP) is 2.94. The van der Waals surface area contributed by atoms with Gasteiger partial charge in [-0.25, -0.2) is 4.98 Å². The maximum absolute atomic E-state index is 13.3. The maximum atomic E-state index is 13.3. The van der Waals surface area contributed by atoms with E-state index < -0.39 is 11.6 Å². The molecule has 27 heavy (non-hydrogen) atoms. The van der Waals surface area contributed by atoms with Gasteiger partial charge in [0.1, 0.15) is 11.0 Å². The summed E-state index contributed by atoms with van der Waals surface area (Å²) in [5, 5.41) is 3.27. The van der Waals surface area contributed by atoms with Gasteiger partial charge in [0.15, 0.2) is 0 Å². The second-order valence-corrected chi connectivity index (χ2v) is 7.19. The monoisotopic (exact) mass is 404 g/mol. The minimum Gasteiger partial charge on any atom is -0.310 e. The lowest BCUT2D eigenvalue weighted by Gasteiger charge is -2.47. The molecule has 0 radical (unpaired) electrons. The smallest absolute Gasteiger partial charge is 0.272 e. The molecule has 3 amide bonds. The summed E-state index contributed by atoms with van der Waals surface area (Å²) in [6.45, 7) is 0. The zero-order valence-corrected chi connectivity index (χ0v) is 15.7. The lowest BCUT2D eigenvalue weighted by atomic mass is 9.96. The lowest BCUT2D eigenvalue weighted by Crippen LogP contribution is -2.68. The fourth-order valence-corrected chi connectivity index (χ4v) is 3.97. The Kier molecular flexibility index (Phi) is 4.09. The number of rotatable bonds is 2. The molecule has 1 unspecified atom stereocenters. The third kappa shape index (κ3) is 2.57. The number of nitrogens with one attached hydrogen (secondary N) is 1. The molecule has 0 spiro atoms. The molecule has 138 valence electrons. The van der Waals surface area contributed by atoms with E-state index in [-0.39, 0.29) is 35.6 Å². The van der Waals surface area contributed by atoms with Gasteiger partial charge in [-0.1, -0.05) is 29.3 Å². The third-order valence-corrected chi connectivity index (χ3v) is 5.36. The fourth-order valence-electron chi connectivity index (χ4n) is 3.64. The first-order valence-corrected chi connectivity index (χ1v) is 8.95. The molecule has 0 saturated carbocycles. The van der Waals surface area contributed by atoms with E-state index in [1.165, 1.54) is 22.9 Å². The molecule has 9 heteroatoms. The number of aromatic nitrogens is 1. The van der Waals surface area contributed by atoms with Crippen molar-refractivity contribution in [2.24, 2.45) is 0 Å². The number of carbonyl (C=O) groups excluding carboxylic acids is 3. The summed E-state index contributed by atoms with van der Waals surface area (Å²) in [6, 6.07) is 9.47. The van der Waals surface area contributed by atoms with Gasteiger partial charge in [-0.15, -0.1) is 0 Å². The van der Waals surface area contributed by atoms with Gasteiger partial charge in [-0.2, -0.15) is 0 Å². The number of halogens is 2. The van der Waals surface area contributed by atoms with Crippen LogP contribution in [0, 0.1) is 0 Å². The van der Waals surface area contributed by atoms with Crippen molar-refractivity contribution in [1.29, 1.82) is 0 Å². The highest BCUT2D eigenvalue weighted by molar-refractivity contribution is 6.31. The van der Waals surface area contributed by atoms with Gasteiger partial charge in [0.25, 0.3) is 11.8 Å². The normalized spacial score (nSPS) is 21.1. The number of amides is 3. The predicted molar refractivity (Wildman–Crippen MR) is 101 cm³/mol. The molecule has 1 atom stereocenters. The van der Waals surface area contributed by atoms with Gasteiger partial charge in [-0.3, -0.25) is 19.3 Å². The van der Waals surface area contributed by atoms with Crippen molar-refractivity contribution < 1.29 is 14.4 Å². The Morgan fingerprint density at radius 2 is 2.00 bits per heavy atom. The molecule has 1 saturated heterocycles. The summed E-state index contributed by atoms with van der Waals surface area (Å²) < 4.78 is 0. The van der Waals surface area contributed by atoms with Crippen molar-refractivity contribution in [1.82, 2.24) is 9.88 Å². The van der Waals surface area contributed by atoms with E-state index in [9.17, 15) is 14.4 Å². The number of carbonyl (C=O) groups is 3. The van der Waals surface area contributed by atoms with E-state index in [1.54, 1.807) is 30.3 Å². The highest BCUT2D eigenvalue weighted by Crippen LogP contribution is 2.45. The molecule has 1 aromatic heterocycles. The van der Waals surface area contributed by atoms with E-state index in [2.05, 4.69) is 10.3 Å². The van der Waals surface area contributed by atoms with Crippen LogP contribution in [0.5, 0.6) is 0 Å². The summed E-state index contributed by atoms with van der Waals surface area (Å²) in [5.41, 5.74) is -0.834. The number of nitrogens with zero attached hydrogens (tertiary/aromatic N) is 3. The van der Waals surface area contributed by atoms with Crippen molar-refractivity contribution in [3.63, 3.8) is 0 Å². The summed E-state index contributed by atoms with van der Waals surface area (Å²) in [4.78, 5) is 45.6. The zero-order valence-electron chi connectivity index (χ0n) is 14.2. The van der Waals surface area contributed by atoms with Crippen LogP contribution in [0.1, 0.15) is 23.2 Å². The first kappa shape index (κ1) is 17.8. The average molecular weight is 405 g/mol. The number of hydrogen-bond donors (Lipinski definition) is 1. The standard InChI is InChI=1S/C18H14Cl2N4O3/c1-23-16(26)11-6-5-10(19)9-12(11)24-15(25)7-8-18(23,24)17(27)22-14-4-2-3-13(20)21-14/h2-6,9H,7-8H2,1H3,(H,21,22,27). The quantitative estimate of drug-likeness (QED) is 0.779. The molecule has 2 aliphatic rings. The number of fused-ring (bicyclic) bond motifs is 3. The van der Waals surface area contributed by atoms with Crippen LogP contribution in [0.2, 0.25) is 10.2 Å². The van der Waals surface area contributed by atoms with Crippen LogP contribution in [-0.4, -0.2) is 40.3 Å². The first-order valence-electron chi connectivity index (χ1n) is 8.19. The molecule has 2 aliphatic heterocycles. The Morgan fingerprint density at radius 1 is 1.22 bits per heavy atom. The highest BCUT2D eigenvalue weighted by atomic mass is 35.5. The molecule has 4 rings (SSSR count). The van der Waals surface area contributed by atoms with E-state index in [1.807, 2.05) is 0 Å². The van der Waals surface area contributed by atoms with Crippen molar-refractivity contribution in [3.8, 4) is 0 Å². The molecule has 1 fully saturated rings. The fraction of sp³-hybridized carbons (Fsp3) is 0.222. The first-order chi connectivity index (χ1) is 12.8. The zero-order chi connectivity index (χ0) is 19.3. The number of benzene rings is 1. The van der Waals surface area contributed by atoms with Crippen LogP contribution in [0.25, 0.3) is 0 Å². The van der Waals surface area contributed by atoms with Gasteiger partial charge >= 0.3 is 0 Å². The van der Waals surface area contributed by atoms with Crippen molar-refractivity contribution in [2.75, 3.05) is 17.3 Å². The van der Waals surface area contributed by atoms with Crippen LogP contribution in [0.3, 0.4) is 0 Å². The summed E-state index contributed by atoms with van der Waals surface area (Å²) in [6.07, 6.45) is 0.284. The number of anilines is 2. The Labute approximate surface area is 164 Å². The summed E-state index contributed by atoms with van der Waals surface area (Å²) in [5.74, 6) is -0.919. The largest absolute Gasteiger partial charge is 0.310 e. The van der Waals surface area contributed by atoms with Gasteiger partial charge in [0.2, 0.25) is 11.6 Å². The topological polar surface area (TPSA) is 82.6 Å². The molecule has 2 aromatic rings. The van der Waals surface area contributed by atoms with Crippen LogP contribution < -0.4 is 10.2 Å². The van der Waals surface area contributed by atoms with Crippen LogP contribution in [0.4, 0.5) is 11.5 Å². The van der Waals surface area contributed by atoms with E-state index in [4.69, 9.17) is 23.2 Å². The van der Waals surface area contributed by atoms with E-state index >= 15 is 0 Å². The van der Waals surface area contributed by atoms with Gasteiger partial charge in [0.05, 0.1) is 11.3 Å². The molecular weight excluding hydrogens is 391 g/mol. The van der Waals surface area contributed by atoms with Crippen molar-refractivity contribution in [2.45, 2.75) is 18.5 Å². The molecule has 0 bridgehead atoms. The highest BCUT2D eigenvalue weighted by Gasteiger charge is 2.59. The molecule has 1 N–H and O–H groups in total. The Morgan fingerprint density at radius 3 is 2.74 bits per heavy atom. The average Bonchev–Trinajstić information content (AvgIpc) is 2.98. The van der Waals surface area contributed by atoms with E-state index in [0.717, 1.165) is 0 Å². The van der Waals surface area contributed by atoms with Gasteiger partial charge in [0, 0.05) is 24.9 Å². The van der Waals surface area contributed by atoms with Gasteiger partial charge < -0.3 is 10.2 Å². The second kappa shape index (κ2) is 6.21. The number of hydrogen-bond acceptors (Lipinski definition) is 4. The Hall–Kier alpha value is -2.64. The lowest BCUT2D eigenvalue weighted by molar-refractivity contribution is -0.128. The minimum atomic E-state index is -1.49. The minimum absolute atomic E-state index is 0.125. The third-order valence-electron chi connectivity index (χ3n) is 4.92. The van der Waals surface area contributed by atoms with Crippen LogP contribution >= 0.6 is 23.2 Å². The molecular formula is C18H14Cl2N4O3. The van der Waals surface area contributed by atoms with E-state index in [0.29, 0.717) is 16.3 Å². The summed E-state index contributed by atoms with van der Waals surface area (Å²) >= 11 is 12.0. The molecule has 1 aromatic carbocycles. The van der Waals surface area contributed by atoms with Crippen molar-refractivity contribution in [3.05, 3.63) is 52.1 Å².